The highest BCUT2D eigenvalue weighted by Gasteiger charge is 2.44. The number of piperidine rings is 1. The van der Waals surface area contributed by atoms with Crippen molar-refractivity contribution in [3.05, 3.63) is 66.3 Å². The molecule has 2 N–H and O–H groups in total. The van der Waals surface area contributed by atoms with Gasteiger partial charge in [0, 0.05) is 67.9 Å². The minimum atomic E-state index is -4.54. The molecule has 3 fully saturated rings. The summed E-state index contributed by atoms with van der Waals surface area (Å²) >= 11 is 0. The number of pyridine rings is 2. The third-order valence-corrected chi connectivity index (χ3v) is 7.48. The molecule has 210 valence electrons. The van der Waals surface area contributed by atoms with Crippen LogP contribution in [-0.4, -0.2) is 67.3 Å². The van der Waals surface area contributed by atoms with Crippen molar-refractivity contribution in [2.24, 2.45) is 0 Å². The Kier molecular flexibility index (Phi) is 5.99. The number of halogens is 3. The Balaban J connectivity index is 1.06. The number of nitrogens with one attached hydrogen (secondary N) is 2. The zero-order valence-electron chi connectivity index (χ0n) is 21.8. The van der Waals surface area contributed by atoms with Crippen LogP contribution in [0.4, 0.5) is 30.6 Å². The van der Waals surface area contributed by atoms with Gasteiger partial charge in [0.25, 0.3) is 0 Å². The number of fused-ring (bicyclic) bond motifs is 3. The summed E-state index contributed by atoms with van der Waals surface area (Å²) in [5, 5.41) is 8.48. The fourth-order valence-electron chi connectivity index (χ4n) is 5.40. The van der Waals surface area contributed by atoms with Crippen LogP contribution in [0, 0.1) is 0 Å². The number of alkyl halides is 3. The standard InChI is InChI=1S/C27H24F3N9O2/c1-40-23-5-2-15(10-32-23)12-39-17-8-18(39)14-38(13-17)22-4-3-16(11-31-22)25-33-19-6-7-41-24(19)26(35-25)34-21-9-20(36-37-21)27(28,29)30/h2-7,9-11,17-18H,8,12-14H2,1H3,(H2,33,34,35,36,37). The minimum absolute atomic E-state index is 0.0471. The van der Waals surface area contributed by atoms with E-state index in [1.165, 1.54) is 6.26 Å². The van der Waals surface area contributed by atoms with Gasteiger partial charge in [0.05, 0.1) is 13.4 Å². The molecule has 41 heavy (non-hydrogen) atoms. The third-order valence-electron chi connectivity index (χ3n) is 7.48. The molecule has 0 amide bonds. The number of aromatic nitrogens is 6. The highest BCUT2D eigenvalue weighted by atomic mass is 19.4. The number of anilines is 3. The molecule has 3 saturated heterocycles. The quantitative estimate of drug-likeness (QED) is 0.290. The lowest BCUT2D eigenvalue weighted by atomic mass is 9.87. The van der Waals surface area contributed by atoms with Gasteiger partial charge in [0.2, 0.25) is 5.88 Å². The molecule has 5 aromatic heterocycles. The van der Waals surface area contributed by atoms with Gasteiger partial charge in [0.1, 0.15) is 17.0 Å². The van der Waals surface area contributed by atoms with E-state index in [2.05, 4.69) is 41.2 Å². The van der Waals surface area contributed by atoms with Crippen molar-refractivity contribution in [3.8, 4) is 17.3 Å². The van der Waals surface area contributed by atoms with Crippen LogP contribution in [0.3, 0.4) is 0 Å². The molecule has 3 aliphatic heterocycles. The summed E-state index contributed by atoms with van der Waals surface area (Å²) < 4.78 is 49.6. The average molecular weight is 564 g/mol. The zero-order chi connectivity index (χ0) is 28.1. The molecule has 8 heterocycles. The van der Waals surface area contributed by atoms with E-state index >= 15 is 0 Å². The molecule has 0 aromatic carbocycles. The van der Waals surface area contributed by atoms with E-state index < -0.39 is 11.9 Å². The largest absolute Gasteiger partial charge is 0.481 e. The highest BCUT2D eigenvalue weighted by Crippen LogP contribution is 2.36. The number of aromatic amines is 1. The maximum absolute atomic E-state index is 13.0. The Morgan fingerprint density at radius 3 is 2.61 bits per heavy atom. The second kappa shape index (κ2) is 9.73. The van der Waals surface area contributed by atoms with Crippen LogP contribution in [0.15, 0.2) is 59.5 Å². The second-order valence-electron chi connectivity index (χ2n) is 10.1. The average Bonchev–Trinajstić information content (AvgIpc) is 3.66. The molecule has 8 rings (SSSR count). The van der Waals surface area contributed by atoms with Crippen LogP contribution in [0.25, 0.3) is 22.5 Å². The summed E-state index contributed by atoms with van der Waals surface area (Å²) in [5.74, 6) is 1.98. The van der Waals surface area contributed by atoms with Crippen LogP contribution < -0.4 is 15.0 Å². The summed E-state index contributed by atoms with van der Waals surface area (Å²) in [4.78, 5) is 22.9. The lowest BCUT2D eigenvalue weighted by Crippen LogP contribution is -2.68. The first kappa shape index (κ1) is 25.3. The van der Waals surface area contributed by atoms with Crippen LogP contribution in [0.1, 0.15) is 17.7 Å². The van der Waals surface area contributed by atoms with E-state index in [0.29, 0.717) is 40.5 Å². The summed E-state index contributed by atoms with van der Waals surface area (Å²) in [6, 6.07) is 11.2. The van der Waals surface area contributed by atoms with Crippen molar-refractivity contribution in [2.75, 3.05) is 30.4 Å². The monoisotopic (exact) mass is 563 g/mol. The van der Waals surface area contributed by atoms with E-state index in [0.717, 1.165) is 43.5 Å². The van der Waals surface area contributed by atoms with Crippen molar-refractivity contribution >= 4 is 28.6 Å². The second-order valence-corrected chi connectivity index (χ2v) is 10.1. The summed E-state index contributed by atoms with van der Waals surface area (Å²) in [6.07, 6.45) is 1.63. The van der Waals surface area contributed by atoms with E-state index in [-0.39, 0.29) is 11.6 Å². The fourth-order valence-corrected chi connectivity index (χ4v) is 5.40. The molecule has 2 bridgehead atoms. The maximum atomic E-state index is 13.0. The van der Waals surface area contributed by atoms with E-state index in [4.69, 9.17) is 14.1 Å². The van der Waals surface area contributed by atoms with Gasteiger partial charge in [-0.15, -0.1) is 0 Å². The number of methoxy groups -OCH3 is 1. The summed E-state index contributed by atoms with van der Waals surface area (Å²) in [5.41, 5.74) is 1.65. The molecule has 2 atom stereocenters. The van der Waals surface area contributed by atoms with Crippen molar-refractivity contribution in [3.63, 3.8) is 0 Å². The first-order valence-corrected chi connectivity index (χ1v) is 12.9. The number of hydrogen-bond acceptors (Lipinski definition) is 10. The molecule has 3 aliphatic rings. The Morgan fingerprint density at radius 1 is 1.07 bits per heavy atom. The third kappa shape index (κ3) is 4.79. The normalized spacial score (nSPS) is 18.9. The zero-order valence-corrected chi connectivity index (χ0v) is 21.8. The van der Waals surface area contributed by atoms with Crippen molar-refractivity contribution in [1.29, 1.82) is 0 Å². The van der Waals surface area contributed by atoms with E-state index in [9.17, 15) is 13.2 Å². The molecule has 11 nitrogen and oxygen atoms in total. The Bertz CT molecular complexity index is 1670. The van der Waals surface area contributed by atoms with Gasteiger partial charge in [-0.25, -0.2) is 19.9 Å². The number of hydrogen-bond donors (Lipinski definition) is 2. The number of furan rings is 1. The van der Waals surface area contributed by atoms with Crippen LogP contribution in [0.2, 0.25) is 0 Å². The van der Waals surface area contributed by atoms with Crippen molar-refractivity contribution in [1.82, 2.24) is 35.0 Å². The Labute approximate surface area is 231 Å². The molecule has 2 unspecified atom stereocenters. The molecule has 0 radical (unpaired) electrons. The predicted molar refractivity (Wildman–Crippen MR) is 143 cm³/mol. The first-order chi connectivity index (χ1) is 19.8. The molecular formula is C27H24F3N9O2. The van der Waals surface area contributed by atoms with Crippen molar-refractivity contribution < 1.29 is 22.3 Å². The summed E-state index contributed by atoms with van der Waals surface area (Å²) in [6.45, 7) is 2.61. The smallest absolute Gasteiger partial charge is 0.432 e. The van der Waals surface area contributed by atoms with Gasteiger partial charge in [-0.1, -0.05) is 6.07 Å². The lowest BCUT2D eigenvalue weighted by Gasteiger charge is -2.56. The van der Waals surface area contributed by atoms with Crippen molar-refractivity contribution in [2.45, 2.75) is 31.2 Å². The van der Waals surface area contributed by atoms with Gasteiger partial charge in [0.15, 0.2) is 23.0 Å². The predicted octanol–water partition coefficient (Wildman–Crippen LogP) is 4.64. The highest BCUT2D eigenvalue weighted by molar-refractivity contribution is 5.87. The number of ether oxygens (including phenoxy) is 1. The minimum Gasteiger partial charge on any atom is -0.481 e. The SMILES string of the molecule is COc1ccc(CN2C3CC2CN(c2ccc(-c4nc(Nc5cc(C(F)(F)F)[nH]n5)c5occc5n4)cn2)C3)cn1. The Morgan fingerprint density at radius 2 is 1.93 bits per heavy atom. The molecular weight excluding hydrogens is 539 g/mol. The van der Waals surface area contributed by atoms with Gasteiger partial charge < -0.3 is 19.4 Å². The number of nitrogens with zero attached hydrogens (tertiary/aromatic N) is 7. The molecule has 0 saturated carbocycles. The van der Waals surface area contributed by atoms with Crippen LogP contribution in [0.5, 0.6) is 5.88 Å². The van der Waals surface area contributed by atoms with E-state index in [1.807, 2.05) is 29.5 Å². The molecule has 14 heteroatoms. The van der Waals surface area contributed by atoms with Gasteiger partial charge >= 0.3 is 6.18 Å². The Hall–Kier alpha value is -4.72. The molecule has 0 aliphatic carbocycles. The molecule has 0 spiro atoms. The lowest BCUT2D eigenvalue weighted by molar-refractivity contribution is -0.141. The van der Waals surface area contributed by atoms with Crippen LogP contribution >= 0.6 is 0 Å². The maximum Gasteiger partial charge on any atom is 0.432 e. The fraction of sp³-hybridized carbons (Fsp3) is 0.296. The van der Waals surface area contributed by atoms with Gasteiger partial charge in [-0.2, -0.15) is 18.3 Å². The molecule has 5 aromatic rings. The first-order valence-electron chi connectivity index (χ1n) is 12.9. The number of piperazine rings is 1. The van der Waals surface area contributed by atoms with E-state index in [1.54, 1.807) is 19.4 Å². The van der Waals surface area contributed by atoms with Gasteiger partial charge in [-0.3, -0.25) is 10.00 Å². The van der Waals surface area contributed by atoms with Gasteiger partial charge in [-0.05, 0) is 24.1 Å². The van der Waals surface area contributed by atoms with Crippen LogP contribution in [-0.2, 0) is 12.7 Å². The number of H-pyrrole nitrogens is 1. The topological polar surface area (TPSA) is 121 Å². The summed E-state index contributed by atoms with van der Waals surface area (Å²) in [7, 11) is 1.61. The number of rotatable bonds is 7.